The summed E-state index contributed by atoms with van der Waals surface area (Å²) in [5.41, 5.74) is 0.563. The van der Waals surface area contributed by atoms with Crippen LogP contribution in [0.1, 0.15) is 26.7 Å². The number of amides is 1. The van der Waals surface area contributed by atoms with E-state index in [2.05, 4.69) is 34.8 Å². The van der Waals surface area contributed by atoms with Gasteiger partial charge in [-0.15, -0.1) is 24.0 Å². The van der Waals surface area contributed by atoms with E-state index in [4.69, 9.17) is 0 Å². The molecule has 0 fully saturated rings. The molecule has 7 heteroatoms. The van der Waals surface area contributed by atoms with Crippen molar-refractivity contribution < 1.29 is 9.18 Å². The summed E-state index contributed by atoms with van der Waals surface area (Å²) in [6, 6.07) is 5.65. The molecule has 0 unspecified atom stereocenters. The highest BCUT2D eigenvalue weighted by Gasteiger charge is 2.07. The minimum Gasteiger partial charge on any atom is -0.356 e. The Morgan fingerprint density at radius 2 is 1.78 bits per heavy atom. The molecule has 1 aromatic carbocycles. The van der Waals surface area contributed by atoms with Crippen molar-refractivity contribution in [2.45, 2.75) is 26.7 Å². The summed E-state index contributed by atoms with van der Waals surface area (Å²) in [7, 11) is 1.67. The Morgan fingerprint density at radius 3 is 2.30 bits per heavy atom. The van der Waals surface area contributed by atoms with Crippen LogP contribution >= 0.6 is 24.0 Å². The number of nitrogens with zero attached hydrogens (tertiary/aromatic N) is 1. The third-order valence-corrected chi connectivity index (χ3v) is 3.48. The zero-order valence-electron chi connectivity index (χ0n) is 13.9. The highest BCUT2D eigenvalue weighted by atomic mass is 127. The van der Waals surface area contributed by atoms with Crippen molar-refractivity contribution in [2.75, 3.05) is 25.5 Å². The first-order chi connectivity index (χ1) is 10.6. The number of halogens is 2. The van der Waals surface area contributed by atoms with Crippen LogP contribution in [0.25, 0.3) is 0 Å². The fourth-order valence-corrected chi connectivity index (χ4v) is 1.94. The van der Waals surface area contributed by atoms with Crippen molar-refractivity contribution in [1.29, 1.82) is 0 Å². The predicted octanol–water partition coefficient (Wildman–Crippen LogP) is 2.98. The molecule has 0 atom stereocenters. The molecule has 23 heavy (non-hydrogen) atoms. The maximum absolute atomic E-state index is 12.8. The minimum absolute atomic E-state index is 0. The molecule has 0 aromatic heterocycles. The maximum Gasteiger partial charge on any atom is 0.243 e. The number of carbonyl (C=O) groups is 1. The fraction of sp³-hybridized carbons (Fsp3) is 0.500. The Labute approximate surface area is 154 Å². The maximum atomic E-state index is 12.8. The van der Waals surface area contributed by atoms with Gasteiger partial charge in [0, 0.05) is 19.3 Å². The van der Waals surface area contributed by atoms with Crippen LogP contribution in [0.15, 0.2) is 29.3 Å². The van der Waals surface area contributed by atoms with Gasteiger partial charge in [0.15, 0.2) is 5.96 Å². The van der Waals surface area contributed by atoms with E-state index < -0.39 is 0 Å². The molecule has 0 aliphatic carbocycles. The molecule has 3 N–H and O–H groups in total. The molecule has 0 aliphatic rings. The SMILES string of the molecule is CCC(CC)CNC(=NC)NCC(=O)Nc1ccc(F)cc1.I. The van der Waals surface area contributed by atoms with Crippen LogP contribution in [0.5, 0.6) is 0 Å². The smallest absolute Gasteiger partial charge is 0.243 e. The second-order valence-electron chi connectivity index (χ2n) is 5.04. The molecule has 0 heterocycles. The third kappa shape index (κ3) is 8.73. The Balaban J connectivity index is 0.00000484. The summed E-state index contributed by atoms with van der Waals surface area (Å²) in [4.78, 5) is 15.9. The summed E-state index contributed by atoms with van der Waals surface area (Å²) in [5, 5.41) is 8.85. The van der Waals surface area contributed by atoms with Crippen molar-refractivity contribution >= 4 is 41.5 Å². The molecular formula is C16H26FIN4O. The Kier molecular flexibility index (Phi) is 11.4. The van der Waals surface area contributed by atoms with Crippen LogP contribution in [-0.4, -0.2) is 32.0 Å². The fourth-order valence-electron chi connectivity index (χ4n) is 1.94. The summed E-state index contributed by atoms with van der Waals surface area (Å²) in [5.74, 6) is 0.645. The van der Waals surface area contributed by atoms with E-state index in [1.165, 1.54) is 24.3 Å². The summed E-state index contributed by atoms with van der Waals surface area (Å²) >= 11 is 0. The first-order valence-corrected chi connectivity index (χ1v) is 7.58. The van der Waals surface area contributed by atoms with E-state index in [1.54, 1.807) is 7.05 Å². The number of rotatable bonds is 7. The van der Waals surface area contributed by atoms with E-state index in [9.17, 15) is 9.18 Å². The average Bonchev–Trinajstić information content (AvgIpc) is 2.53. The van der Waals surface area contributed by atoms with E-state index in [-0.39, 0.29) is 42.2 Å². The second kappa shape index (κ2) is 12.1. The van der Waals surface area contributed by atoms with Crippen LogP contribution in [0.3, 0.4) is 0 Å². The lowest BCUT2D eigenvalue weighted by Crippen LogP contribution is -2.43. The number of anilines is 1. The molecule has 0 saturated carbocycles. The van der Waals surface area contributed by atoms with Gasteiger partial charge in [0.1, 0.15) is 5.82 Å². The number of benzene rings is 1. The zero-order chi connectivity index (χ0) is 16.4. The van der Waals surface area contributed by atoms with Gasteiger partial charge in [-0.25, -0.2) is 4.39 Å². The van der Waals surface area contributed by atoms with Gasteiger partial charge in [-0.1, -0.05) is 26.7 Å². The number of carbonyl (C=O) groups excluding carboxylic acids is 1. The Bertz CT molecular complexity index is 489. The molecule has 1 aromatic rings. The van der Waals surface area contributed by atoms with Crippen LogP contribution in [0, 0.1) is 11.7 Å². The Morgan fingerprint density at radius 1 is 1.17 bits per heavy atom. The van der Waals surface area contributed by atoms with Gasteiger partial charge in [-0.3, -0.25) is 9.79 Å². The number of aliphatic imine (C=N–C) groups is 1. The highest BCUT2D eigenvalue weighted by Crippen LogP contribution is 2.07. The van der Waals surface area contributed by atoms with Gasteiger partial charge < -0.3 is 16.0 Å². The van der Waals surface area contributed by atoms with Gasteiger partial charge in [0.2, 0.25) is 5.91 Å². The van der Waals surface area contributed by atoms with E-state index in [0.29, 0.717) is 17.6 Å². The first-order valence-electron chi connectivity index (χ1n) is 7.58. The molecular weight excluding hydrogens is 410 g/mol. The average molecular weight is 436 g/mol. The van der Waals surface area contributed by atoms with Gasteiger partial charge in [0.05, 0.1) is 6.54 Å². The zero-order valence-corrected chi connectivity index (χ0v) is 16.2. The number of hydrogen-bond donors (Lipinski definition) is 3. The van der Waals surface area contributed by atoms with Crippen molar-refractivity contribution in [1.82, 2.24) is 10.6 Å². The number of guanidine groups is 1. The highest BCUT2D eigenvalue weighted by molar-refractivity contribution is 14.0. The molecule has 1 amide bonds. The van der Waals surface area contributed by atoms with Crippen LogP contribution in [-0.2, 0) is 4.79 Å². The van der Waals surface area contributed by atoms with Gasteiger partial charge in [0.25, 0.3) is 0 Å². The molecule has 0 saturated heterocycles. The molecule has 5 nitrogen and oxygen atoms in total. The lowest BCUT2D eigenvalue weighted by atomic mass is 10.0. The van der Waals surface area contributed by atoms with E-state index in [1.807, 2.05) is 0 Å². The summed E-state index contributed by atoms with van der Waals surface area (Å²) in [6.07, 6.45) is 2.21. The van der Waals surface area contributed by atoms with Crippen molar-refractivity contribution in [3.05, 3.63) is 30.1 Å². The monoisotopic (exact) mass is 436 g/mol. The molecule has 0 bridgehead atoms. The molecule has 0 radical (unpaired) electrons. The molecule has 1 rings (SSSR count). The van der Waals surface area contributed by atoms with Gasteiger partial charge in [-0.2, -0.15) is 0 Å². The largest absolute Gasteiger partial charge is 0.356 e. The van der Waals surface area contributed by atoms with Crippen LogP contribution in [0.2, 0.25) is 0 Å². The van der Waals surface area contributed by atoms with Gasteiger partial charge >= 0.3 is 0 Å². The first kappa shape index (κ1) is 21.6. The lowest BCUT2D eigenvalue weighted by Gasteiger charge is -2.16. The topological polar surface area (TPSA) is 65.5 Å². The van der Waals surface area contributed by atoms with Crippen LogP contribution < -0.4 is 16.0 Å². The second-order valence-corrected chi connectivity index (χ2v) is 5.04. The number of nitrogens with one attached hydrogen (secondary N) is 3. The van der Waals surface area contributed by atoms with Crippen molar-refractivity contribution in [2.24, 2.45) is 10.9 Å². The standard InChI is InChI=1S/C16H25FN4O.HI/c1-4-12(5-2)10-19-16(18-3)20-11-15(22)21-14-8-6-13(17)7-9-14;/h6-9,12H,4-5,10-11H2,1-3H3,(H,21,22)(H2,18,19,20);1H. The van der Waals surface area contributed by atoms with E-state index >= 15 is 0 Å². The number of hydrogen-bond acceptors (Lipinski definition) is 2. The van der Waals surface area contributed by atoms with Crippen LogP contribution in [0.4, 0.5) is 10.1 Å². The summed E-state index contributed by atoms with van der Waals surface area (Å²) < 4.78 is 12.8. The third-order valence-electron chi connectivity index (χ3n) is 3.48. The van der Waals surface area contributed by atoms with Crippen molar-refractivity contribution in [3.8, 4) is 0 Å². The molecule has 130 valence electrons. The Hall–Kier alpha value is -1.38. The van der Waals surface area contributed by atoms with Gasteiger partial charge in [-0.05, 0) is 30.2 Å². The van der Waals surface area contributed by atoms with Crippen molar-refractivity contribution in [3.63, 3.8) is 0 Å². The predicted molar refractivity (Wildman–Crippen MR) is 104 cm³/mol. The quantitative estimate of drug-likeness (QED) is 0.350. The minimum atomic E-state index is -0.331. The van der Waals surface area contributed by atoms with E-state index in [0.717, 1.165) is 19.4 Å². The summed E-state index contributed by atoms with van der Waals surface area (Å²) in [6.45, 7) is 5.23. The molecule has 0 spiro atoms. The lowest BCUT2D eigenvalue weighted by molar-refractivity contribution is -0.115. The normalized spacial score (nSPS) is 10.9. The molecule has 0 aliphatic heterocycles.